The standard InChI is InChI=1S/C20H20FN5O4S/c1-29-17-6-3-14(21)11-19(17)31(27,28)26-9-10-30-18(13-26)16-5-4-15(12-24-16)25-20-22-7-2-8-23-20/h2-8,11-12,18H,9-10,13H2,1H3,(H,22,23,25)/t18-/m0/s1. The Kier molecular flexibility index (Phi) is 6.07. The van der Waals surface area contributed by atoms with Gasteiger partial charge in [0.05, 0.1) is 31.3 Å². The van der Waals surface area contributed by atoms with Crippen LogP contribution in [0.4, 0.5) is 16.0 Å². The van der Waals surface area contributed by atoms with Gasteiger partial charge in [-0.3, -0.25) is 4.98 Å². The van der Waals surface area contributed by atoms with E-state index in [1.54, 1.807) is 36.8 Å². The van der Waals surface area contributed by atoms with E-state index in [1.165, 1.54) is 17.5 Å². The number of halogens is 1. The molecule has 11 heteroatoms. The number of nitrogens with zero attached hydrogens (tertiary/aromatic N) is 4. The van der Waals surface area contributed by atoms with E-state index < -0.39 is 21.9 Å². The number of anilines is 2. The van der Waals surface area contributed by atoms with Crippen molar-refractivity contribution in [3.8, 4) is 5.75 Å². The third-order valence-corrected chi connectivity index (χ3v) is 6.60. The molecule has 3 heterocycles. The summed E-state index contributed by atoms with van der Waals surface area (Å²) in [4.78, 5) is 12.3. The van der Waals surface area contributed by atoms with E-state index in [1.807, 2.05) is 0 Å². The molecule has 1 aliphatic heterocycles. The second kappa shape index (κ2) is 8.92. The van der Waals surface area contributed by atoms with Gasteiger partial charge in [-0.1, -0.05) is 0 Å². The molecule has 9 nitrogen and oxygen atoms in total. The molecule has 0 radical (unpaired) electrons. The second-order valence-electron chi connectivity index (χ2n) is 6.69. The molecule has 0 saturated carbocycles. The third kappa shape index (κ3) is 4.63. The molecule has 2 aromatic heterocycles. The van der Waals surface area contributed by atoms with Crippen LogP contribution in [0.25, 0.3) is 0 Å². The highest BCUT2D eigenvalue weighted by Gasteiger charge is 2.34. The Morgan fingerprint density at radius 3 is 2.71 bits per heavy atom. The van der Waals surface area contributed by atoms with Gasteiger partial charge in [0.1, 0.15) is 22.6 Å². The van der Waals surface area contributed by atoms with E-state index >= 15 is 0 Å². The van der Waals surface area contributed by atoms with E-state index in [9.17, 15) is 12.8 Å². The van der Waals surface area contributed by atoms with Crippen LogP contribution in [-0.4, -0.2) is 54.5 Å². The van der Waals surface area contributed by atoms with E-state index in [2.05, 4.69) is 20.3 Å². The summed E-state index contributed by atoms with van der Waals surface area (Å²) in [5.74, 6) is -0.135. The predicted molar refractivity (Wildman–Crippen MR) is 110 cm³/mol. The number of methoxy groups -OCH3 is 1. The largest absolute Gasteiger partial charge is 0.495 e. The molecule has 0 aliphatic carbocycles. The minimum absolute atomic E-state index is 0.0452. The van der Waals surface area contributed by atoms with Crippen molar-refractivity contribution < 1.29 is 22.3 Å². The molecule has 1 saturated heterocycles. The minimum Gasteiger partial charge on any atom is -0.495 e. The zero-order chi connectivity index (χ0) is 21.8. The van der Waals surface area contributed by atoms with E-state index in [0.29, 0.717) is 17.3 Å². The molecule has 3 aromatic rings. The number of rotatable bonds is 6. The minimum atomic E-state index is -3.99. The van der Waals surface area contributed by atoms with Gasteiger partial charge in [0.15, 0.2) is 0 Å². The smallest absolute Gasteiger partial charge is 0.247 e. The third-order valence-electron chi connectivity index (χ3n) is 4.71. The maximum Gasteiger partial charge on any atom is 0.247 e. The number of pyridine rings is 1. The van der Waals surface area contributed by atoms with Gasteiger partial charge in [-0.25, -0.2) is 22.8 Å². The number of nitrogens with one attached hydrogen (secondary N) is 1. The van der Waals surface area contributed by atoms with Gasteiger partial charge in [0, 0.05) is 25.5 Å². The summed E-state index contributed by atoms with van der Waals surface area (Å²) < 4.78 is 52.1. The fourth-order valence-electron chi connectivity index (χ4n) is 3.18. The second-order valence-corrected chi connectivity index (χ2v) is 8.59. The molecule has 1 N–H and O–H groups in total. The first kappa shape index (κ1) is 21.1. The first-order chi connectivity index (χ1) is 15.0. The van der Waals surface area contributed by atoms with Crippen LogP contribution in [0.3, 0.4) is 0 Å². The molecule has 31 heavy (non-hydrogen) atoms. The summed E-state index contributed by atoms with van der Waals surface area (Å²) >= 11 is 0. The average molecular weight is 445 g/mol. The van der Waals surface area contributed by atoms with Crippen LogP contribution >= 0.6 is 0 Å². The quantitative estimate of drug-likeness (QED) is 0.617. The lowest BCUT2D eigenvalue weighted by atomic mass is 10.2. The molecule has 0 amide bonds. The van der Waals surface area contributed by atoms with E-state index in [0.717, 1.165) is 12.1 Å². The maximum absolute atomic E-state index is 13.7. The number of aromatic nitrogens is 3. The van der Waals surface area contributed by atoms with Gasteiger partial charge >= 0.3 is 0 Å². The first-order valence-electron chi connectivity index (χ1n) is 9.42. The van der Waals surface area contributed by atoms with Crippen molar-refractivity contribution in [2.75, 3.05) is 32.1 Å². The topological polar surface area (TPSA) is 107 Å². The molecule has 0 spiro atoms. The summed E-state index contributed by atoms with van der Waals surface area (Å²) in [6, 6.07) is 8.65. The van der Waals surface area contributed by atoms with E-state index in [-0.39, 0.29) is 30.3 Å². The normalized spacial score (nSPS) is 17.3. The number of hydrogen-bond donors (Lipinski definition) is 1. The van der Waals surface area contributed by atoms with Crippen LogP contribution in [0, 0.1) is 5.82 Å². The van der Waals surface area contributed by atoms with Gasteiger partial charge < -0.3 is 14.8 Å². The summed E-state index contributed by atoms with van der Waals surface area (Å²) in [6.07, 6.45) is 4.27. The molecule has 162 valence electrons. The number of ether oxygens (including phenoxy) is 2. The zero-order valence-electron chi connectivity index (χ0n) is 16.6. The van der Waals surface area contributed by atoms with Gasteiger partial charge in [0.25, 0.3) is 0 Å². The van der Waals surface area contributed by atoms with Crippen molar-refractivity contribution in [3.63, 3.8) is 0 Å². The Morgan fingerprint density at radius 2 is 2.00 bits per heavy atom. The number of benzene rings is 1. The van der Waals surface area contributed by atoms with Crippen LogP contribution in [0.15, 0.2) is 59.9 Å². The Bertz CT molecular complexity index is 1150. The van der Waals surface area contributed by atoms with Crippen LogP contribution in [-0.2, 0) is 14.8 Å². The molecule has 1 fully saturated rings. The maximum atomic E-state index is 13.7. The average Bonchev–Trinajstić information content (AvgIpc) is 2.80. The van der Waals surface area contributed by atoms with Crippen LogP contribution in [0.1, 0.15) is 11.8 Å². The summed E-state index contributed by atoms with van der Waals surface area (Å²) in [5.41, 5.74) is 1.25. The highest BCUT2D eigenvalue weighted by Crippen LogP contribution is 2.31. The van der Waals surface area contributed by atoms with Crippen molar-refractivity contribution in [3.05, 3.63) is 66.5 Å². The molecule has 1 atom stereocenters. The highest BCUT2D eigenvalue weighted by molar-refractivity contribution is 7.89. The molecule has 0 bridgehead atoms. The van der Waals surface area contributed by atoms with Crippen LogP contribution < -0.4 is 10.1 Å². The first-order valence-corrected chi connectivity index (χ1v) is 10.9. The summed E-state index contributed by atoms with van der Waals surface area (Å²) in [6.45, 7) is 0.369. The van der Waals surface area contributed by atoms with Crippen molar-refractivity contribution in [2.24, 2.45) is 0 Å². The zero-order valence-corrected chi connectivity index (χ0v) is 17.4. The highest BCUT2D eigenvalue weighted by atomic mass is 32.2. The SMILES string of the molecule is COc1ccc(F)cc1S(=O)(=O)N1CCO[C@H](c2ccc(Nc3ncccn3)cn2)C1. The molecule has 1 aromatic carbocycles. The number of hydrogen-bond acceptors (Lipinski definition) is 8. The fourth-order valence-corrected chi connectivity index (χ4v) is 4.77. The monoisotopic (exact) mass is 445 g/mol. The van der Waals surface area contributed by atoms with Crippen molar-refractivity contribution in [1.29, 1.82) is 0 Å². The van der Waals surface area contributed by atoms with Crippen LogP contribution in [0.2, 0.25) is 0 Å². The van der Waals surface area contributed by atoms with Crippen LogP contribution in [0.5, 0.6) is 5.75 Å². The Balaban J connectivity index is 1.51. The summed E-state index contributed by atoms with van der Waals surface area (Å²) in [5, 5.41) is 3.03. The van der Waals surface area contributed by atoms with Gasteiger partial charge in [-0.15, -0.1) is 0 Å². The number of sulfonamides is 1. The lowest BCUT2D eigenvalue weighted by Crippen LogP contribution is -2.42. The Hall–Kier alpha value is -3.15. The molecule has 0 unspecified atom stereocenters. The van der Waals surface area contributed by atoms with Gasteiger partial charge in [-0.2, -0.15) is 4.31 Å². The van der Waals surface area contributed by atoms with Gasteiger partial charge in [0.2, 0.25) is 16.0 Å². The molecule has 1 aliphatic rings. The Labute approximate surface area is 178 Å². The van der Waals surface area contributed by atoms with Crippen molar-refractivity contribution >= 4 is 21.7 Å². The lowest BCUT2D eigenvalue weighted by Gasteiger charge is -2.32. The summed E-state index contributed by atoms with van der Waals surface area (Å²) in [7, 11) is -2.64. The molecular formula is C20H20FN5O4S. The molecular weight excluding hydrogens is 425 g/mol. The van der Waals surface area contributed by atoms with E-state index in [4.69, 9.17) is 9.47 Å². The Morgan fingerprint density at radius 1 is 1.19 bits per heavy atom. The van der Waals surface area contributed by atoms with Gasteiger partial charge in [-0.05, 0) is 36.4 Å². The molecule has 4 rings (SSSR count). The predicted octanol–water partition coefficient (Wildman–Crippen LogP) is 2.53. The van der Waals surface area contributed by atoms with Crippen molar-refractivity contribution in [2.45, 2.75) is 11.0 Å². The number of morpholine rings is 1. The lowest BCUT2D eigenvalue weighted by molar-refractivity contribution is -0.00496. The van der Waals surface area contributed by atoms with Crippen molar-refractivity contribution in [1.82, 2.24) is 19.3 Å². The fraction of sp³-hybridized carbons (Fsp3) is 0.250.